The quantitative estimate of drug-likeness (QED) is 0.300. The molecule has 7 nitrogen and oxygen atoms in total. The predicted molar refractivity (Wildman–Crippen MR) is 125 cm³/mol. The van der Waals surface area contributed by atoms with E-state index < -0.39 is 5.92 Å². The number of ketones is 2. The Kier molecular flexibility index (Phi) is 9.96. The normalized spacial score (nSPS) is 20.2. The molecule has 168 valence electrons. The molecule has 0 amide bonds. The molecule has 8 heteroatoms. The number of anilines is 1. The van der Waals surface area contributed by atoms with Crippen LogP contribution >= 0.6 is 11.6 Å². The first-order chi connectivity index (χ1) is 15.0. The Morgan fingerprint density at radius 2 is 2.03 bits per heavy atom. The zero-order valence-corrected chi connectivity index (χ0v) is 19.0. The van der Waals surface area contributed by atoms with E-state index >= 15 is 0 Å². The van der Waals surface area contributed by atoms with Crippen molar-refractivity contribution in [1.29, 1.82) is 0 Å². The van der Waals surface area contributed by atoms with Crippen molar-refractivity contribution in [3.05, 3.63) is 22.6 Å². The molecule has 3 rings (SSSR count). The van der Waals surface area contributed by atoms with Gasteiger partial charge >= 0.3 is 0 Å². The third kappa shape index (κ3) is 6.52. The third-order valence-corrected chi connectivity index (χ3v) is 5.77. The number of nitrogens with one attached hydrogen (secondary N) is 1. The Hall–Kier alpha value is -2.43. The third-order valence-electron chi connectivity index (χ3n) is 5.58. The highest BCUT2D eigenvalue weighted by atomic mass is 35.5. The molecule has 1 aromatic heterocycles. The SMILES string of the molecule is C#C.CCC/C(C(=O)[C@H]1CCCCC1=O)=C(/N)c1nc(Cl)cc(N2CCCNCC2)n1. The summed E-state index contributed by atoms with van der Waals surface area (Å²) in [4.78, 5) is 36.5. The summed E-state index contributed by atoms with van der Waals surface area (Å²) in [5.74, 6) is 0.248. The van der Waals surface area contributed by atoms with Crippen LogP contribution in [-0.4, -0.2) is 47.7 Å². The lowest BCUT2D eigenvalue weighted by Crippen LogP contribution is -2.30. The zero-order valence-electron chi connectivity index (χ0n) is 18.2. The van der Waals surface area contributed by atoms with Crippen molar-refractivity contribution < 1.29 is 9.59 Å². The number of Topliss-reactive ketones (excluding diaryl/α,β-unsaturated/α-hetero) is 2. The number of nitrogens with zero attached hydrogens (tertiary/aromatic N) is 3. The summed E-state index contributed by atoms with van der Waals surface area (Å²) in [5.41, 5.74) is 7.11. The van der Waals surface area contributed by atoms with Crippen LogP contribution in [0.4, 0.5) is 5.82 Å². The lowest BCUT2D eigenvalue weighted by molar-refractivity contribution is -0.132. The number of terminal acetylenes is 1. The van der Waals surface area contributed by atoms with Crippen molar-refractivity contribution in [3.8, 4) is 12.8 Å². The smallest absolute Gasteiger partial charge is 0.179 e. The van der Waals surface area contributed by atoms with Gasteiger partial charge in [0.15, 0.2) is 11.6 Å². The van der Waals surface area contributed by atoms with Crippen LogP contribution in [-0.2, 0) is 9.59 Å². The van der Waals surface area contributed by atoms with Crippen molar-refractivity contribution in [2.24, 2.45) is 11.7 Å². The minimum absolute atomic E-state index is 0.0208. The van der Waals surface area contributed by atoms with E-state index in [2.05, 4.69) is 33.0 Å². The van der Waals surface area contributed by atoms with Crippen molar-refractivity contribution in [2.75, 3.05) is 31.1 Å². The summed E-state index contributed by atoms with van der Waals surface area (Å²) in [5, 5.41) is 3.65. The predicted octanol–water partition coefficient (Wildman–Crippen LogP) is 2.98. The van der Waals surface area contributed by atoms with Gasteiger partial charge in [0.05, 0.1) is 11.6 Å². The number of hydrogen-bond acceptors (Lipinski definition) is 7. The fraction of sp³-hybridized carbons (Fsp3) is 0.565. The van der Waals surface area contributed by atoms with E-state index in [4.69, 9.17) is 17.3 Å². The molecule has 0 bridgehead atoms. The molecule has 31 heavy (non-hydrogen) atoms. The molecule has 1 aliphatic carbocycles. The van der Waals surface area contributed by atoms with E-state index in [1.807, 2.05) is 6.92 Å². The van der Waals surface area contributed by atoms with Gasteiger partial charge in [-0.15, -0.1) is 12.8 Å². The van der Waals surface area contributed by atoms with Gasteiger partial charge in [-0.25, -0.2) is 9.97 Å². The summed E-state index contributed by atoms with van der Waals surface area (Å²) >= 11 is 6.28. The van der Waals surface area contributed by atoms with Crippen LogP contribution in [0, 0.1) is 18.8 Å². The number of carbonyl (C=O) groups excluding carboxylic acids is 2. The van der Waals surface area contributed by atoms with E-state index in [0.29, 0.717) is 35.8 Å². The summed E-state index contributed by atoms with van der Waals surface area (Å²) in [7, 11) is 0. The number of rotatable bonds is 6. The number of nitrogens with two attached hydrogens (primary N) is 1. The highest BCUT2D eigenvalue weighted by Gasteiger charge is 2.32. The Balaban J connectivity index is 0.00000166. The number of aromatic nitrogens is 2. The molecule has 2 aliphatic rings. The Bertz CT molecular complexity index is 829. The van der Waals surface area contributed by atoms with Crippen LogP contribution in [0.5, 0.6) is 0 Å². The average Bonchev–Trinajstić information content (AvgIpc) is 3.07. The molecule has 1 aliphatic heterocycles. The van der Waals surface area contributed by atoms with Gasteiger partial charge in [-0.1, -0.05) is 31.4 Å². The minimum Gasteiger partial charge on any atom is -0.395 e. The first kappa shape index (κ1) is 24.8. The van der Waals surface area contributed by atoms with E-state index in [-0.39, 0.29) is 23.1 Å². The van der Waals surface area contributed by atoms with Gasteiger partial charge in [0, 0.05) is 37.7 Å². The molecule has 1 atom stereocenters. The maximum absolute atomic E-state index is 13.2. The summed E-state index contributed by atoms with van der Waals surface area (Å²) < 4.78 is 0. The van der Waals surface area contributed by atoms with Crippen LogP contribution in [0.3, 0.4) is 0 Å². The maximum atomic E-state index is 13.2. The topological polar surface area (TPSA) is 101 Å². The molecule has 0 radical (unpaired) electrons. The van der Waals surface area contributed by atoms with E-state index in [1.54, 1.807) is 6.07 Å². The number of carbonyl (C=O) groups is 2. The molecule has 2 fully saturated rings. The van der Waals surface area contributed by atoms with Crippen LogP contribution < -0.4 is 16.0 Å². The molecule has 0 spiro atoms. The Morgan fingerprint density at radius 3 is 2.74 bits per heavy atom. The van der Waals surface area contributed by atoms with Crippen molar-refractivity contribution in [1.82, 2.24) is 15.3 Å². The van der Waals surface area contributed by atoms with Gasteiger partial charge in [-0.3, -0.25) is 9.59 Å². The van der Waals surface area contributed by atoms with Gasteiger partial charge in [-0.2, -0.15) is 0 Å². The zero-order chi connectivity index (χ0) is 22.8. The largest absolute Gasteiger partial charge is 0.395 e. The van der Waals surface area contributed by atoms with Gasteiger partial charge in [0.2, 0.25) is 0 Å². The van der Waals surface area contributed by atoms with Crippen LogP contribution in [0.15, 0.2) is 11.6 Å². The molecule has 1 aromatic rings. The first-order valence-electron chi connectivity index (χ1n) is 10.9. The van der Waals surface area contributed by atoms with E-state index in [1.165, 1.54) is 0 Å². The lowest BCUT2D eigenvalue weighted by atomic mass is 9.81. The van der Waals surface area contributed by atoms with Crippen LogP contribution in [0.1, 0.15) is 57.7 Å². The Labute approximate surface area is 189 Å². The molecule has 3 N–H and O–H groups in total. The summed E-state index contributed by atoms with van der Waals surface area (Å²) in [6.45, 7) is 5.49. The fourth-order valence-corrected chi connectivity index (χ4v) is 4.19. The molecule has 1 saturated heterocycles. The highest BCUT2D eigenvalue weighted by molar-refractivity contribution is 6.29. The molecule has 2 heterocycles. The lowest BCUT2D eigenvalue weighted by Gasteiger charge is -2.23. The van der Waals surface area contributed by atoms with Gasteiger partial charge in [0.1, 0.15) is 16.8 Å². The van der Waals surface area contributed by atoms with Gasteiger partial charge in [-0.05, 0) is 32.2 Å². The fourth-order valence-electron chi connectivity index (χ4n) is 4.01. The summed E-state index contributed by atoms with van der Waals surface area (Å²) in [6.07, 6.45) is 13.1. The molecular weight excluding hydrogens is 414 g/mol. The monoisotopic (exact) mass is 445 g/mol. The van der Waals surface area contributed by atoms with Crippen molar-refractivity contribution in [2.45, 2.75) is 51.9 Å². The van der Waals surface area contributed by atoms with Gasteiger partial charge < -0.3 is 16.0 Å². The standard InChI is InChI=1S/C21H30ClN5O2.C2H2/c1-2-6-15(20(29)14-7-3-4-8-16(14)28)19(23)21-25-17(22)13-18(26-21)27-11-5-9-24-10-12-27;1-2/h13-14,24H,2-12,23H2,1H3;1-2H/b19-15-;/t14-;/m0./s1. The highest BCUT2D eigenvalue weighted by Crippen LogP contribution is 2.28. The van der Waals surface area contributed by atoms with Crippen LogP contribution in [0.2, 0.25) is 5.15 Å². The van der Waals surface area contributed by atoms with Crippen molar-refractivity contribution in [3.63, 3.8) is 0 Å². The average molecular weight is 446 g/mol. The first-order valence-corrected chi connectivity index (χ1v) is 11.3. The second kappa shape index (κ2) is 12.4. The minimum atomic E-state index is -0.584. The van der Waals surface area contributed by atoms with Crippen LogP contribution in [0.25, 0.3) is 5.70 Å². The second-order valence-electron chi connectivity index (χ2n) is 7.73. The number of hydrogen-bond donors (Lipinski definition) is 2. The van der Waals surface area contributed by atoms with E-state index in [9.17, 15) is 9.59 Å². The molecular formula is C23H32ClN5O2. The maximum Gasteiger partial charge on any atom is 0.179 e. The Morgan fingerprint density at radius 1 is 1.26 bits per heavy atom. The number of halogens is 1. The molecule has 0 unspecified atom stereocenters. The van der Waals surface area contributed by atoms with Gasteiger partial charge in [0.25, 0.3) is 0 Å². The summed E-state index contributed by atoms with van der Waals surface area (Å²) in [6, 6.07) is 1.73. The number of allylic oxidation sites excluding steroid dienone is 1. The second-order valence-corrected chi connectivity index (χ2v) is 8.12. The molecule has 0 aromatic carbocycles. The van der Waals surface area contributed by atoms with E-state index in [0.717, 1.165) is 51.9 Å². The molecule has 1 saturated carbocycles. The van der Waals surface area contributed by atoms with Crippen molar-refractivity contribution >= 4 is 34.7 Å².